The summed E-state index contributed by atoms with van der Waals surface area (Å²) in [6.07, 6.45) is 0.562. The highest BCUT2D eigenvalue weighted by atomic mass is 35.5. The van der Waals surface area contributed by atoms with E-state index in [2.05, 4.69) is 5.32 Å². The normalized spacial score (nSPS) is 11.4. The van der Waals surface area contributed by atoms with Crippen molar-refractivity contribution in [1.82, 2.24) is 4.31 Å². The third kappa shape index (κ3) is 5.89. The number of Topliss-reactive ketones (excluding diaryl/α,β-unsaturated/α-hetero) is 1. The van der Waals surface area contributed by atoms with Crippen molar-refractivity contribution in [2.45, 2.75) is 24.7 Å². The lowest BCUT2D eigenvalue weighted by molar-refractivity contribution is -0.116. The minimum absolute atomic E-state index is 0.112. The molecule has 6 nitrogen and oxygen atoms in total. The fraction of sp³-hybridized carbons (Fsp3) is 0.263. The van der Waals surface area contributed by atoms with Gasteiger partial charge in [-0.2, -0.15) is 0 Å². The Bertz CT molecular complexity index is 910. The van der Waals surface area contributed by atoms with E-state index in [9.17, 15) is 18.0 Å². The molecule has 0 spiro atoms. The molecule has 27 heavy (non-hydrogen) atoms. The molecule has 8 heteroatoms. The molecule has 0 saturated carbocycles. The van der Waals surface area contributed by atoms with Crippen molar-refractivity contribution < 1.29 is 18.0 Å². The topological polar surface area (TPSA) is 83.6 Å². The number of anilines is 1. The summed E-state index contributed by atoms with van der Waals surface area (Å²) in [5.41, 5.74) is 1.09. The van der Waals surface area contributed by atoms with Crippen LogP contribution in [0.25, 0.3) is 0 Å². The Morgan fingerprint density at radius 2 is 1.63 bits per heavy atom. The highest BCUT2D eigenvalue weighted by Crippen LogP contribution is 2.17. The molecule has 144 valence electrons. The van der Waals surface area contributed by atoms with Gasteiger partial charge in [-0.15, -0.1) is 0 Å². The first-order chi connectivity index (χ1) is 12.7. The molecule has 1 N–H and O–H groups in total. The van der Waals surface area contributed by atoms with Crippen molar-refractivity contribution >= 4 is 39.0 Å². The number of amides is 1. The van der Waals surface area contributed by atoms with Crippen molar-refractivity contribution in [3.8, 4) is 0 Å². The Morgan fingerprint density at radius 3 is 2.19 bits per heavy atom. The summed E-state index contributed by atoms with van der Waals surface area (Å²) in [4.78, 5) is 23.4. The van der Waals surface area contributed by atoms with Crippen LogP contribution in [0.2, 0.25) is 5.02 Å². The summed E-state index contributed by atoms with van der Waals surface area (Å²) in [5, 5.41) is 3.31. The van der Waals surface area contributed by atoms with Crippen LogP contribution in [0.15, 0.2) is 53.4 Å². The molecule has 2 rings (SSSR count). The first-order valence-corrected chi connectivity index (χ1v) is 10.1. The molecule has 0 aromatic heterocycles. The van der Waals surface area contributed by atoms with E-state index in [0.29, 0.717) is 22.7 Å². The molecular formula is C19H21ClN2O4S. The highest BCUT2D eigenvalue weighted by molar-refractivity contribution is 7.89. The van der Waals surface area contributed by atoms with Crippen LogP contribution < -0.4 is 5.32 Å². The van der Waals surface area contributed by atoms with Crippen LogP contribution in [0.3, 0.4) is 0 Å². The zero-order valence-electron chi connectivity index (χ0n) is 15.1. The van der Waals surface area contributed by atoms with Crippen molar-refractivity contribution in [2.75, 3.05) is 18.9 Å². The minimum Gasteiger partial charge on any atom is -0.326 e. The Morgan fingerprint density at radius 1 is 1.04 bits per heavy atom. The smallest absolute Gasteiger partial charge is 0.242 e. The van der Waals surface area contributed by atoms with Gasteiger partial charge in [-0.25, -0.2) is 12.7 Å². The zero-order valence-corrected chi connectivity index (χ0v) is 16.7. The van der Waals surface area contributed by atoms with Crippen LogP contribution in [0.5, 0.6) is 0 Å². The third-order valence-electron chi connectivity index (χ3n) is 3.97. The Kier molecular flexibility index (Phi) is 7.12. The molecule has 0 aliphatic heterocycles. The maximum Gasteiger partial charge on any atom is 0.242 e. The molecule has 0 heterocycles. The number of nitrogens with one attached hydrogen (secondary N) is 1. The number of sulfonamides is 1. The van der Waals surface area contributed by atoms with Gasteiger partial charge in [-0.05, 0) is 49.7 Å². The number of halogens is 1. The lowest BCUT2D eigenvalue weighted by Crippen LogP contribution is -2.28. The highest BCUT2D eigenvalue weighted by Gasteiger charge is 2.20. The van der Waals surface area contributed by atoms with Gasteiger partial charge in [0, 0.05) is 36.3 Å². The molecule has 1 amide bonds. The quantitative estimate of drug-likeness (QED) is 0.676. The standard InChI is InChI=1S/C19H21ClN2O4S/c1-14(23)15-5-11-18(12-6-15)27(25,26)22(2)13-3-4-19(24)21-17-9-7-16(20)8-10-17/h5-12H,3-4,13H2,1-2H3,(H,21,24). The Hall–Kier alpha value is -2.22. The number of rotatable bonds is 8. The summed E-state index contributed by atoms with van der Waals surface area (Å²) in [5.74, 6) is -0.326. The molecule has 0 bridgehead atoms. The van der Waals surface area contributed by atoms with E-state index in [1.165, 1.54) is 42.5 Å². The van der Waals surface area contributed by atoms with E-state index in [0.717, 1.165) is 0 Å². The van der Waals surface area contributed by atoms with Gasteiger partial charge >= 0.3 is 0 Å². The molecule has 0 radical (unpaired) electrons. The maximum atomic E-state index is 12.5. The summed E-state index contributed by atoms with van der Waals surface area (Å²) in [6.45, 7) is 1.62. The van der Waals surface area contributed by atoms with Crippen molar-refractivity contribution in [3.63, 3.8) is 0 Å². The van der Waals surface area contributed by atoms with Crippen LogP contribution in [-0.4, -0.2) is 38.0 Å². The van der Waals surface area contributed by atoms with Gasteiger partial charge in [0.1, 0.15) is 0 Å². The molecule has 0 aliphatic carbocycles. The second-order valence-electron chi connectivity index (χ2n) is 6.07. The second-order valence-corrected chi connectivity index (χ2v) is 8.55. The molecule has 0 unspecified atom stereocenters. The van der Waals surface area contributed by atoms with Gasteiger partial charge in [0.2, 0.25) is 15.9 Å². The predicted molar refractivity (Wildman–Crippen MR) is 106 cm³/mol. The number of hydrogen-bond donors (Lipinski definition) is 1. The fourth-order valence-electron chi connectivity index (χ4n) is 2.38. The van der Waals surface area contributed by atoms with E-state index in [-0.39, 0.29) is 29.6 Å². The average Bonchev–Trinajstić information content (AvgIpc) is 2.63. The van der Waals surface area contributed by atoms with Crippen LogP contribution in [0.1, 0.15) is 30.1 Å². The average molecular weight is 409 g/mol. The lowest BCUT2D eigenvalue weighted by atomic mass is 10.2. The largest absolute Gasteiger partial charge is 0.326 e. The zero-order chi connectivity index (χ0) is 20.0. The van der Waals surface area contributed by atoms with E-state index in [4.69, 9.17) is 11.6 Å². The van der Waals surface area contributed by atoms with Crippen LogP contribution in [0.4, 0.5) is 5.69 Å². The summed E-state index contributed by atoms with van der Waals surface area (Å²) < 4.78 is 26.3. The molecular weight excluding hydrogens is 388 g/mol. The molecule has 2 aromatic carbocycles. The summed E-state index contributed by atoms with van der Waals surface area (Å²) in [6, 6.07) is 12.5. The monoisotopic (exact) mass is 408 g/mol. The number of carbonyl (C=O) groups is 2. The lowest BCUT2D eigenvalue weighted by Gasteiger charge is -2.17. The summed E-state index contributed by atoms with van der Waals surface area (Å²) >= 11 is 5.79. The van der Waals surface area contributed by atoms with Crippen molar-refractivity contribution in [1.29, 1.82) is 0 Å². The van der Waals surface area contributed by atoms with Crippen LogP contribution in [0, 0.1) is 0 Å². The molecule has 0 saturated heterocycles. The molecule has 2 aromatic rings. The number of benzene rings is 2. The number of hydrogen-bond acceptors (Lipinski definition) is 4. The van der Waals surface area contributed by atoms with Crippen LogP contribution >= 0.6 is 11.6 Å². The van der Waals surface area contributed by atoms with Gasteiger partial charge in [0.05, 0.1) is 4.90 Å². The first kappa shape index (κ1) is 21.1. The third-order valence-corrected chi connectivity index (χ3v) is 6.10. The molecule has 0 atom stereocenters. The van der Waals surface area contributed by atoms with Gasteiger partial charge in [0.15, 0.2) is 5.78 Å². The van der Waals surface area contributed by atoms with Gasteiger partial charge in [-0.3, -0.25) is 9.59 Å². The fourth-order valence-corrected chi connectivity index (χ4v) is 3.72. The SMILES string of the molecule is CC(=O)c1ccc(S(=O)(=O)N(C)CCCC(=O)Nc2ccc(Cl)cc2)cc1. The van der Waals surface area contributed by atoms with Gasteiger partial charge in [0.25, 0.3) is 0 Å². The van der Waals surface area contributed by atoms with Gasteiger partial charge in [-0.1, -0.05) is 23.7 Å². The number of carbonyl (C=O) groups excluding carboxylic acids is 2. The van der Waals surface area contributed by atoms with Crippen molar-refractivity contribution in [2.24, 2.45) is 0 Å². The molecule has 0 aliphatic rings. The Balaban J connectivity index is 1.88. The van der Waals surface area contributed by atoms with Gasteiger partial charge < -0.3 is 5.32 Å². The Labute approximate surface area is 164 Å². The second kappa shape index (κ2) is 9.12. The van der Waals surface area contributed by atoms with E-state index in [1.807, 2.05) is 0 Å². The minimum atomic E-state index is -3.67. The summed E-state index contributed by atoms with van der Waals surface area (Å²) in [7, 11) is -2.20. The van der Waals surface area contributed by atoms with E-state index >= 15 is 0 Å². The van der Waals surface area contributed by atoms with Crippen LogP contribution in [-0.2, 0) is 14.8 Å². The number of ketones is 1. The first-order valence-electron chi connectivity index (χ1n) is 8.33. The predicted octanol–water partition coefficient (Wildman–Crippen LogP) is 3.58. The van der Waals surface area contributed by atoms with E-state index < -0.39 is 10.0 Å². The molecule has 0 fully saturated rings. The van der Waals surface area contributed by atoms with E-state index in [1.54, 1.807) is 24.3 Å². The van der Waals surface area contributed by atoms with Crippen molar-refractivity contribution in [3.05, 3.63) is 59.1 Å². The maximum absolute atomic E-state index is 12.5. The number of nitrogens with zero attached hydrogens (tertiary/aromatic N) is 1.